The molecule has 116 heavy (non-hydrogen) atoms. The predicted molar refractivity (Wildman–Crippen MR) is 436 cm³/mol. The van der Waals surface area contributed by atoms with E-state index in [1.807, 2.05) is 6.07 Å². The summed E-state index contributed by atoms with van der Waals surface area (Å²) in [4.78, 5) is 225. The molecule has 0 aromatic heterocycles. The average Bonchev–Trinajstić information content (AvgIpc) is 1.64. The molecule has 0 bridgehead atoms. The zero-order valence-electron chi connectivity index (χ0n) is 69.0. The second-order valence-electron chi connectivity index (χ2n) is 32.2. The molecule has 0 spiro atoms. The summed E-state index contributed by atoms with van der Waals surface area (Å²) in [5.74, 6) is -15.7. The lowest BCUT2D eigenvalue weighted by atomic mass is 9.84. The summed E-state index contributed by atoms with van der Waals surface area (Å²) < 4.78 is -1.57. The number of hydrogen-bond acceptors (Lipinski definition) is 21. The van der Waals surface area contributed by atoms with Gasteiger partial charge in [-0.3, -0.25) is 77.3 Å². The number of hydrogen-bond donors (Lipinski definition) is 18. The molecule has 0 radical (unpaired) electrons. The van der Waals surface area contributed by atoms with E-state index in [4.69, 9.17) is 16.9 Å². The highest BCUT2D eigenvalue weighted by atomic mass is 33.1. The van der Waals surface area contributed by atoms with Crippen molar-refractivity contribution in [3.05, 3.63) is 35.9 Å². The Bertz CT molecular complexity index is 3620. The summed E-state index contributed by atoms with van der Waals surface area (Å²) in [7, 11) is 3.36. The number of carbonyl (C=O) groups excluding carboxylic acids is 15. The zero-order chi connectivity index (χ0) is 86.0. The molecule has 38 heteroatoms. The van der Waals surface area contributed by atoms with Crippen LogP contribution in [-0.2, 0) is 78.5 Å². The normalized spacial score (nSPS) is 26.7. The van der Waals surface area contributed by atoms with Crippen LogP contribution in [0.1, 0.15) is 184 Å². The fraction of sp³-hybridized carbons (Fsp3) is 0.718. The van der Waals surface area contributed by atoms with Gasteiger partial charge in [-0.1, -0.05) is 139 Å². The standard InChI is InChI=1S/C78H127N19O17S2/c1-13-42(6)59(91-64(102)45(9)82-12)71(109)90-53-40-115-116-78(10,11)62(73(111)93-61(44(8)15-3)76(114)95-32-22-29-55(95)69(107)86-49(63(79)101)36-58(100)84-37-46-24-17-16-18-25-46)94-72(110)60(43(7)14-2)92-70(108)57-35-47-26-19-20-28-54(47)97(57)75(113)56-30-23-33-96(56)74(112)50(34-41(4)5)87-67(105)52(39-99)88-65(103)48(27-21-31-83-77(80)81)85-66(104)51(38-98)89-68(53)106/h16-18,24-25,41-45,47-57,59-62,82,98-99H,13-15,19-23,26-40H2,1-12H3,(H2,79,101)(H,84,100)(H,85,104)(H,86,107)(H,87,105)(H,88,103)(H,89,106)(H,90,109)(H,91,102)(H,92,108)(H,93,111)(H,94,110)(H4,80,81,83)/t42-,43-,44+,45-,47-,48-,49-,50-,51-,52-,53-,54-,55-,56-,57-,59-,60-,61-,62+/m0/s1. The number of carbonyl (C=O) groups is 15. The Labute approximate surface area is 687 Å². The number of likely N-dealkylation sites (tertiary alicyclic amines) is 1. The molecular formula is C78H127N19O17S2. The van der Waals surface area contributed by atoms with Gasteiger partial charge in [0, 0.05) is 42.7 Å². The van der Waals surface area contributed by atoms with Gasteiger partial charge >= 0.3 is 0 Å². The topological polar surface area (TPSA) is 539 Å². The molecule has 19 atom stereocenters. The van der Waals surface area contributed by atoms with Crippen molar-refractivity contribution in [3.63, 3.8) is 0 Å². The minimum atomic E-state index is -1.90. The van der Waals surface area contributed by atoms with Gasteiger partial charge in [-0.25, -0.2) is 0 Å². The summed E-state index contributed by atoms with van der Waals surface area (Å²) in [5.41, 5.74) is 12.1. The van der Waals surface area contributed by atoms with Crippen LogP contribution in [-0.4, -0.2) is 261 Å². The summed E-state index contributed by atoms with van der Waals surface area (Å²) in [5, 5.41) is 64.6. The number of likely N-dealkylation sites (N-methyl/N-ethyl adjacent to an activating group) is 1. The van der Waals surface area contributed by atoms with Gasteiger partial charge in [-0.05, 0) is 127 Å². The van der Waals surface area contributed by atoms with Crippen LogP contribution >= 0.6 is 21.6 Å². The quantitative estimate of drug-likeness (QED) is 0.0186. The molecule has 20 N–H and O–H groups in total. The molecule has 36 nitrogen and oxygen atoms in total. The Hall–Kier alpha value is -8.88. The van der Waals surface area contributed by atoms with Crippen LogP contribution in [0.3, 0.4) is 0 Å². The Morgan fingerprint density at radius 2 is 1.26 bits per heavy atom. The van der Waals surface area contributed by atoms with Crippen LogP contribution in [0.15, 0.2) is 30.3 Å². The first-order valence-corrected chi connectivity index (χ1v) is 43.1. The Kier molecular flexibility index (Phi) is 37.8. The van der Waals surface area contributed by atoms with Crippen LogP contribution in [0.25, 0.3) is 0 Å². The molecule has 1 aliphatic carbocycles. The van der Waals surface area contributed by atoms with Crippen LogP contribution in [0.4, 0.5) is 0 Å². The van der Waals surface area contributed by atoms with E-state index < -0.39 is 233 Å². The third kappa shape index (κ3) is 26.6. The Balaban J connectivity index is 1.47. The number of guanidine groups is 1. The molecular weight excluding hydrogens is 1540 g/mol. The van der Waals surface area contributed by atoms with Crippen molar-refractivity contribution >= 4 is 116 Å². The van der Waals surface area contributed by atoms with E-state index in [0.717, 1.165) is 40.0 Å². The van der Waals surface area contributed by atoms with Gasteiger partial charge in [0.05, 0.1) is 25.7 Å². The number of aliphatic hydroxyl groups is 2. The third-order valence-electron chi connectivity index (χ3n) is 22.8. The van der Waals surface area contributed by atoms with Crippen molar-refractivity contribution in [1.82, 2.24) is 83.8 Å². The number of nitrogens with zero attached hydrogens (tertiary/aromatic N) is 3. The molecule has 4 saturated heterocycles. The molecule has 1 aromatic carbocycles. The van der Waals surface area contributed by atoms with Crippen molar-refractivity contribution in [2.45, 2.75) is 281 Å². The summed E-state index contributed by atoms with van der Waals surface area (Å²) in [6.07, 6.45) is 4.09. The average molecular weight is 1670 g/mol. The first-order valence-electron chi connectivity index (χ1n) is 40.8. The van der Waals surface area contributed by atoms with Gasteiger partial charge in [-0.2, -0.15) is 0 Å². The molecule has 1 saturated carbocycles. The van der Waals surface area contributed by atoms with Gasteiger partial charge in [0.25, 0.3) is 0 Å². The van der Waals surface area contributed by atoms with E-state index >= 15 is 33.6 Å². The highest BCUT2D eigenvalue weighted by Crippen LogP contribution is 2.42. The number of primary amides is 1. The van der Waals surface area contributed by atoms with Crippen LogP contribution in [0, 0.1) is 35.0 Å². The van der Waals surface area contributed by atoms with Gasteiger partial charge in [0.15, 0.2) is 5.96 Å². The first kappa shape index (κ1) is 96.0. The van der Waals surface area contributed by atoms with Crippen molar-refractivity contribution in [2.75, 3.05) is 45.6 Å². The Morgan fingerprint density at radius 1 is 0.647 bits per heavy atom. The van der Waals surface area contributed by atoms with Crippen LogP contribution < -0.4 is 80.6 Å². The fourth-order valence-corrected chi connectivity index (χ4v) is 18.0. The number of rotatable bonds is 29. The van der Waals surface area contributed by atoms with Gasteiger partial charge < -0.3 is 105 Å². The SMILES string of the molecule is CC[C@@H](C)[C@H](NC(=O)[C@H]1NC(=O)[C@H]([C@@H](C)CC)NC(=O)[C@@H]2C[C@@H]3CCCC[C@@H]3N2C(=O)[C@@H]2CCCN2C(=O)[C@H](CC(C)C)NC(=O)[C@H](CO)NC(=O)[C@H](CCCNC(=N)N)NC(=O)[C@H](CO)NC(=O)[C@@H](NC(=O)[C@@H](NC(=O)[C@H](C)NC)[C@@H](C)CC)CSSC1(C)C)C(=O)N1CCC[C@H]1C(=O)N[C@@H](CC(=O)NCc1ccccc1)C(N)=O. The highest BCUT2D eigenvalue weighted by molar-refractivity contribution is 8.77. The molecule has 4 heterocycles. The molecule has 1 aromatic rings. The van der Waals surface area contributed by atoms with E-state index in [0.29, 0.717) is 32.1 Å². The van der Waals surface area contributed by atoms with Gasteiger partial charge in [0.1, 0.15) is 78.5 Å². The summed E-state index contributed by atoms with van der Waals surface area (Å²) >= 11 is 0. The third-order valence-corrected chi connectivity index (χ3v) is 26.1. The smallest absolute Gasteiger partial charge is 0.246 e. The molecule has 6 rings (SSSR count). The molecule has 5 fully saturated rings. The molecule has 4 aliphatic heterocycles. The van der Waals surface area contributed by atoms with Crippen molar-refractivity contribution in [2.24, 2.45) is 41.1 Å². The molecule has 648 valence electrons. The maximum Gasteiger partial charge on any atom is 0.246 e. The zero-order valence-corrected chi connectivity index (χ0v) is 70.7. The van der Waals surface area contributed by atoms with Crippen LogP contribution in [0.2, 0.25) is 0 Å². The monoisotopic (exact) mass is 1670 g/mol. The molecule has 15 amide bonds. The minimum absolute atomic E-state index is 0.0102. The number of amides is 15. The highest BCUT2D eigenvalue weighted by Gasteiger charge is 2.53. The van der Waals surface area contributed by atoms with Crippen molar-refractivity contribution in [3.8, 4) is 0 Å². The Morgan fingerprint density at radius 3 is 1.87 bits per heavy atom. The van der Waals surface area contributed by atoms with Crippen molar-refractivity contribution < 1.29 is 82.1 Å². The second kappa shape index (κ2) is 45.7. The maximum absolute atomic E-state index is 15.9. The number of nitrogens with two attached hydrogens (primary N) is 2. The van der Waals surface area contributed by atoms with E-state index in [9.17, 15) is 48.6 Å². The minimum Gasteiger partial charge on any atom is -0.394 e. The molecule has 0 unspecified atom stereocenters. The number of benzene rings is 1. The van der Waals surface area contributed by atoms with Gasteiger partial charge in [0.2, 0.25) is 88.6 Å². The largest absolute Gasteiger partial charge is 0.394 e. The summed E-state index contributed by atoms with van der Waals surface area (Å²) in [6, 6.07) is -11.3. The maximum atomic E-state index is 15.9. The lowest BCUT2D eigenvalue weighted by Crippen LogP contribution is -2.64. The van der Waals surface area contributed by atoms with Gasteiger partial charge in [-0.15, -0.1) is 0 Å². The van der Waals surface area contributed by atoms with E-state index in [2.05, 4.69) is 69.1 Å². The predicted octanol–water partition coefficient (Wildman–Crippen LogP) is -1.62. The number of fused-ring (bicyclic) bond motifs is 4. The fourth-order valence-electron chi connectivity index (χ4n) is 15.2. The lowest BCUT2D eigenvalue weighted by molar-refractivity contribution is -0.150. The second-order valence-corrected chi connectivity index (χ2v) is 35.2. The van der Waals surface area contributed by atoms with Crippen LogP contribution in [0.5, 0.6) is 0 Å². The molecule has 5 aliphatic rings. The summed E-state index contributed by atoms with van der Waals surface area (Å²) in [6.45, 7) is 16.8. The van der Waals surface area contributed by atoms with E-state index in [1.165, 1.54) is 16.8 Å². The number of nitrogens with one attached hydrogen (secondary N) is 14. The first-order chi connectivity index (χ1) is 54.9. The van der Waals surface area contributed by atoms with Crippen molar-refractivity contribution in [1.29, 1.82) is 5.41 Å². The van der Waals surface area contributed by atoms with E-state index in [-0.39, 0.29) is 89.4 Å². The number of aliphatic hydroxyl groups excluding tert-OH is 2. The van der Waals surface area contributed by atoms with E-state index in [1.54, 1.807) is 105 Å². The lowest BCUT2D eigenvalue weighted by Gasteiger charge is -2.39.